The molecule has 2 saturated carbocycles. The summed E-state index contributed by atoms with van der Waals surface area (Å²) in [7, 11) is 0. The van der Waals surface area contributed by atoms with Crippen LogP contribution < -0.4 is 10.6 Å². The third-order valence-electron chi connectivity index (χ3n) is 6.77. The summed E-state index contributed by atoms with van der Waals surface area (Å²) in [5.74, 6) is 2.89. The summed E-state index contributed by atoms with van der Waals surface area (Å²) in [6.45, 7) is 1.62. The van der Waals surface area contributed by atoms with E-state index in [0.717, 1.165) is 37.8 Å². The van der Waals surface area contributed by atoms with E-state index < -0.39 is 5.54 Å². The fourth-order valence-corrected chi connectivity index (χ4v) is 5.37. The van der Waals surface area contributed by atoms with E-state index in [-0.39, 0.29) is 18.3 Å². The number of halogens is 1. The maximum absolute atomic E-state index is 13.2. The van der Waals surface area contributed by atoms with Crippen LogP contribution in [0.5, 0.6) is 0 Å². The number of aromatic nitrogens is 4. The molecule has 3 N–H and O–H groups in total. The molecule has 1 saturated heterocycles. The number of nitrogens with zero attached hydrogens (tertiary/aromatic N) is 3. The van der Waals surface area contributed by atoms with Crippen LogP contribution in [0.2, 0.25) is 0 Å². The lowest BCUT2D eigenvalue weighted by atomic mass is 9.86. The fraction of sp³-hybridized carbons (Fsp3) is 0.632. The Bertz CT molecular complexity index is 782. The Hall–Kier alpha value is -1.86. The Labute approximate surface area is 165 Å². The molecular weight excluding hydrogens is 364 g/mol. The number of H-pyrrole nitrogens is 1. The number of hydrogen-bond acceptors (Lipinski definition) is 4. The highest BCUT2D eigenvalue weighted by molar-refractivity contribution is 5.96. The van der Waals surface area contributed by atoms with E-state index >= 15 is 0 Å². The summed E-state index contributed by atoms with van der Waals surface area (Å²) in [6.07, 6.45) is 10.4. The van der Waals surface area contributed by atoms with Crippen molar-refractivity contribution < 1.29 is 4.79 Å². The number of nitrogens with one attached hydrogen (secondary N) is 3. The summed E-state index contributed by atoms with van der Waals surface area (Å²) in [5, 5.41) is 18.3. The summed E-state index contributed by atoms with van der Waals surface area (Å²) < 4.78 is 1.81. The first-order valence-electron chi connectivity index (χ1n) is 9.82. The van der Waals surface area contributed by atoms with Gasteiger partial charge < -0.3 is 10.6 Å². The summed E-state index contributed by atoms with van der Waals surface area (Å²) in [6, 6.07) is 3.92. The van der Waals surface area contributed by atoms with Crippen LogP contribution in [-0.4, -0.2) is 39.0 Å². The molecule has 1 aliphatic heterocycles. The van der Waals surface area contributed by atoms with E-state index in [1.165, 1.54) is 31.4 Å². The van der Waals surface area contributed by atoms with Gasteiger partial charge in [-0.05, 0) is 63.1 Å². The normalized spacial score (nSPS) is 28.7. The minimum absolute atomic E-state index is 0. The number of carbonyl (C=O) groups is 1. The van der Waals surface area contributed by atoms with Crippen molar-refractivity contribution in [2.75, 3.05) is 18.4 Å². The minimum Gasteiger partial charge on any atom is -0.317 e. The highest BCUT2D eigenvalue weighted by Crippen LogP contribution is 2.52. The van der Waals surface area contributed by atoms with Gasteiger partial charge in [-0.1, -0.05) is 6.42 Å². The van der Waals surface area contributed by atoms with Gasteiger partial charge >= 0.3 is 0 Å². The van der Waals surface area contributed by atoms with E-state index in [4.69, 9.17) is 0 Å². The third-order valence-corrected chi connectivity index (χ3v) is 6.77. The van der Waals surface area contributed by atoms with Gasteiger partial charge in [0, 0.05) is 30.1 Å². The lowest BCUT2D eigenvalue weighted by Crippen LogP contribution is -2.52. The second-order valence-electron chi connectivity index (χ2n) is 8.18. The average molecular weight is 391 g/mol. The van der Waals surface area contributed by atoms with Crippen LogP contribution in [0.3, 0.4) is 0 Å². The van der Waals surface area contributed by atoms with Crippen molar-refractivity contribution in [3.63, 3.8) is 0 Å². The van der Waals surface area contributed by atoms with Crippen LogP contribution in [0.15, 0.2) is 24.5 Å². The fourth-order valence-electron chi connectivity index (χ4n) is 5.37. The van der Waals surface area contributed by atoms with E-state index in [2.05, 4.69) is 25.9 Å². The lowest BCUT2D eigenvalue weighted by molar-refractivity contribution is -0.126. The summed E-state index contributed by atoms with van der Waals surface area (Å²) >= 11 is 0. The molecule has 2 aromatic rings. The zero-order valence-electron chi connectivity index (χ0n) is 15.4. The second-order valence-corrected chi connectivity index (χ2v) is 8.18. The molecule has 3 atom stereocenters. The number of anilines is 1. The first kappa shape index (κ1) is 18.5. The van der Waals surface area contributed by atoms with E-state index in [1.807, 2.05) is 23.0 Å². The van der Waals surface area contributed by atoms with Gasteiger partial charge in [0.15, 0.2) is 5.82 Å². The highest BCUT2D eigenvalue weighted by Gasteiger charge is 2.43. The van der Waals surface area contributed by atoms with Gasteiger partial charge in [-0.2, -0.15) is 10.2 Å². The van der Waals surface area contributed by atoms with E-state index in [9.17, 15) is 4.79 Å². The molecule has 1 amide bonds. The first-order chi connectivity index (χ1) is 12.7. The van der Waals surface area contributed by atoms with Gasteiger partial charge in [-0.3, -0.25) is 14.6 Å². The van der Waals surface area contributed by atoms with Crippen molar-refractivity contribution in [1.82, 2.24) is 25.3 Å². The molecular formula is C19H27ClN6O. The number of rotatable bonds is 4. The van der Waals surface area contributed by atoms with Gasteiger partial charge in [0.2, 0.25) is 0 Å². The zero-order chi connectivity index (χ0) is 17.6. The monoisotopic (exact) mass is 390 g/mol. The second kappa shape index (κ2) is 7.28. The molecule has 3 unspecified atom stereocenters. The van der Waals surface area contributed by atoms with Gasteiger partial charge in [-0.25, -0.2) is 0 Å². The largest absolute Gasteiger partial charge is 0.317 e. The number of carbonyl (C=O) groups excluding carboxylic acids is 1. The molecule has 0 spiro atoms. The molecule has 146 valence electrons. The van der Waals surface area contributed by atoms with Gasteiger partial charge in [0.1, 0.15) is 5.54 Å². The van der Waals surface area contributed by atoms with Gasteiger partial charge in [0.25, 0.3) is 5.91 Å². The molecule has 0 aromatic carbocycles. The molecule has 8 heteroatoms. The predicted octanol–water partition coefficient (Wildman–Crippen LogP) is 2.65. The quantitative estimate of drug-likeness (QED) is 0.748. The Balaban J connectivity index is 0.00000180. The molecule has 2 bridgehead atoms. The Kier molecular flexibility index (Phi) is 4.99. The number of amides is 1. The molecule has 0 radical (unpaired) electrons. The molecule has 2 aliphatic carbocycles. The van der Waals surface area contributed by atoms with Crippen LogP contribution in [0.1, 0.15) is 50.1 Å². The molecule has 5 rings (SSSR count). The molecule has 3 heterocycles. The van der Waals surface area contributed by atoms with Crippen molar-refractivity contribution in [1.29, 1.82) is 0 Å². The molecule has 3 aliphatic rings. The van der Waals surface area contributed by atoms with Crippen LogP contribution in [0.4, 0.5) is 5.82 Å². The number of fused-ring (bicyclic) bond motifs is 2. The molecule has 27 heavy (non-hydrogen) atoms. The van der Waals surface area contributed by atoms with Crippen LogP contribution in [-0.2, 0) is 10.3 Å². The van der Waals surface area contributed by atoms with Crippen LogP contribution in [0.25, 0.3) is 0 Å². The van der Waals surface area contributed by atoms with Gasteiger partial charge in [0.05, 0.1) is 0 Å². The maximum atomic E-state index is 13.2. The van der Waals surface area contributed by atoms with Crippen molar-refractivity contribution in [3.8, 4) is 0 Å². The smallest absolute Gasteiger partial charge is 0.253 e. The topological polar surface area (TPSA) is 87.6 Å². The molecule has 7 nitrogen and oxygen atoms in total. The minimum atomic E-state index is -0.639. The van der Waals surface area contributed by atoms with Crippen molar-refractivity contribution in [3.05, 3.63) is 30.2 Å². The highest BCUT2D eigenvalue weighted by atomic mass is 35.5. The molecule has 3 fully saturated rings. The van der Waals surface area contributed by atoms with Crippen LogP contribution in [0, 0.1) is 11.8 Å². The first-order valence-corrected chi connectivity index (χ1v) is 9.82. The SMILES string of the molecule is Cl.O=C(Nc1cc(C2CC3CCC2C3)[nH]n1)C1(n2cccn2)CCNCC1. The average Bonchev–Trinajstić information content (AvgIpc) is 3.46. The van der Waals surface area contributed by atoms with Gasteiger partial charge in [-0.15, -0.1) is 12.4 Å². The standard InChI is InChI=1S/C19H26N6O.ClH/c26-18(19(4-7-20-8-5-19)25-9-1-6-21-25)22-17-12-16(23-24-17)15-11-13-2-3-14(15)10-13;/h1,6,9,12-15,20H,2-5,7-8,10-11H2,(H2,22,23,24,26);1H. The molecule has 2 aromatic heterocycles. The Morgan fingerprint density at radius 3 is 2.78 bits per heavy atom. The maximum Gasteiger partial charge on any atom is 0.253 e. The Morgan fingerprint density at radius 2 is 2.11 bits per heavy atom. The Morgan fingerprint density at radius 1 is 1.26 bits per heavy atom. The lowest BCUT2D eigenvalue weighted by Gasteiger charge is -2.36. The van der Waals surface area contributed by atoms with Crippen molar-refractivity contribution in [2.24, 2.45) is 11.8 Å². The van der Waals surface area contributed by atoms with Crippen molar-refractivity contribution >= 4 is 24.1 Å². The van der Waals surface area contributed by atoms with Crippen molar-refractivity contribution in [2.45, 2.75) is 50.0 Å². The zero-order valence-corrected chi connectivity index (χ0v) is 16.2. The predicted molar refractivity (Wildman–Crippen MR) is 105 cm³/mol. The number of aromatic amines is 1. The van der Waals surface area contributed by atoms with Crippen LogP contribution >= 0.6 is 12.4 Å². The summed E-state index contributed by atoms with van der Waals surface area (Å²) in [4.78, 5) is 13.2. The summed E-state index contributed by atoms with van der Waals surface area (Å²) in [5.41, 5.74) is 0.547. The number of hydrogen-bond donors (Lipinski definition) is 3. The third kappa shape index (κ3) is 3.17. The van der Waals surface area contributed by atoms with E-state index in [1.54, 1.807) is 6.20 Å². The van der Waals surface area contributed by atoms with E-state index in [0.29, 0.717) is 11.7 Å². The number of piperidine rings is 1.